The molecule has 20 heavy (non-hydrogen) atoms. The van der Waals surface area contributed by atoms with Crippen LogP contribution in [0.4, 0.5) is 0 Å². The highest BCUT2D eigenvalue weighted by molar-refractivity contribution is 5.86. The summed E-state index contributed by atoms with van der Waals surface area (Å²) in [5.74, 6) is 4.40. The Morgan fingerprint density at radius 1 is 1.05 bits per heavy atom. The summed E-state index contributed by atoms with van der Waals surface area (Å²) in [6.07, 6.45) is 7.56. The van der Waals surface area contributed by atoms with Crippen LogP contribution in [0.2, 0.25) is 0 Å². The normalized spacial score (nSPS) is 12.1. The molecule has 0 fully saturated rings. The van der Waals surface area contributed by atoms with E-state index < -0.39 is 0 Å². The average molecular weight is 261 g/mol. The molecular weight excluding hydrogens is 246 g/mol. The summed E-state index contributed by atoms with van der Waals surface area (Å²) in [4.78, 5) is 2.06. The maximum Gasteiger partial charge on any atom is 0.136 e. The van der Waals surface area contributed by atoms with Crippen LogP contribution in [-0.2, 0) is 0 Å². The molecule has 2 nitrogen and oxygen atoms in total. The molecule has 3 rings (SSSR count). The van der Waals surface area contributed by atoms with Crippen molar-refractivity contribution >= 4 is 11.8 Å². The standard InChI is InChI=1S/C18H15NO/c1-3-12-19(2)16-13-14-8-4-6-10-17(14)20-18-11-7-5-9-15(16)18/h1,4-11,13H,12H2,2H3. The molecule has 0 N–H and O–H groups in total. The fourth-order valence-electron chi connectivity index (χ4n) is 2.34. The fourth-order valence-corrected chi connectivity index (χ4v) is 2.34. The number of rotatable bonds is 2. The number of nitrogens with zero attached hydrogens (tertiary/aromatic N) is 1. The molecule has 2 heteroatoms. The van der Waals surface area contributed by atoms with E-state index in [1.54, 1.807) is 0 Å². The van der Waals surface area contributed by atoms with Crippen LogP contribution in [-0.4, -0.2) is 18.5 Å². The van der Waals surface area contributed by atoms with Crippen LogP contribution in [0.15, 0.2) is 48.5 Å². The van der Waals surface area contributed by atoms with E-state index in [1.807, 2.05) is 49.5 Å². The van der Waals surface area contributed by atoms with Gasteiger partial charge in [0.15, 0.2) is 0 Å². The molecule has 0 spiro atoms. The largest absolute Gasteiger partial charge is 0.456 e. The van der Waals surface area contributed by atoms with E-state index in [4.69, 9.17) is 11.2 Å². The number of fused-ring (bicyclic) bond motifs is 2. The van der Waals surface area contributed by atoms with Gasteiger partial charge in [-0.05, 0) is 24.3 Å². The molecule has 1 aliphatic heterocycles. The molecule has 2 aromatic carbocycles. The van der Waals surface area contributed by atoms with E-state index in [0.29, 0.717) is 6.54 Å². The number of benzene rings is 2. The van der Waals surface area contributed by atoms with Crippen LogP contribution in [0.1, 0.15) is 11.1 Å². The van der Waals surface area contributed by atoms with Crippen molar-refractivity contribution in [1.29, 1.82) is 0 Å². The highest BCUT2D eigenvalue weighted by atomic mass is 16.5. The highest BCUT2D eigenvalue weighted by Crippen LogP contribution is 2.38. The molecule has 98 valence electrons. The van der Waals surface area contributed by atoms with Crippen LogP contribution in [0.5, 0.6) is 11.5 Å². The summed E-state index contributed by atoms with van der Waals surface area (Å²) < 4.78 is 6.03. The maximum atomic E-state index is 6.03. The molecule has 0 atom stereocenters. The summed E-state index contributed by atoms with van der Waals surface area (Å²) in [5, 5.41) is 0. The van der Waals surface area contributed by atoms with Crippen LogP contribution < -0.4 is 4.74 Å². The Labute approximate surface area is 119 Å². The first-order valence-electron chi connectivity index (χ1n) is 6.52. The number of para-hydroxylation sites is 2. The minimum absolute atomic E-state index is 0.558. The third-order valence-electron chi connectivity index (χ3n) is 3.33. The second-order valence-corrected chi connectivity index (χ2v) is 4.73. The SMILES string of the molecule is C#CCN(C)C1=Cc2ccccc2Oc2ccccc21. The van der Waals surface area contributed by atoms with Crippen LogP contribution >= 0.6 is 0 Å². The zero-order valence-electron chi connectivity index (χ0n) is 11.3. The van der Waals surface area contributed by atoms with Gasteiger partial charge in [0.05, 0.1) is 6.54 Å². The monoisotopic (exact) mass is 261 g/mol. The van der Waals surface area contributed by atoms with Gasteiger partial charge >= 0.3 is 0 Å². The number of ether oxygens (including phenoxy) is 1. The Morgan fingerprint density at radius 2 is 1.75 bits per heavy atom. The van der Waals surface area contributed by atoms with Gasteiger partial charge in [-0.1, -0.05) is 36.3 Å². The highest BCUT2D eigenvalue weighted by Gasteiger charge is 2.18. The predicted molar refractivity (Wildman–Crippen MR) is 82.3 cm³/mol. The second-order valence-electron chi connectivity index (χ2n) is 4.73. The lowest BCUT2D eigenvalue weighted by Gasteiger charge is -2.20. The third kappa shape index (κ3) is 2.15. The van der Waals surface area contributed by atoms with Crippen molar-refractivity contribution < 1.29 is 4.74 Å². The lowest BCUT2D eigenvalue weighted by atomic mass is 10.1. The summed E-state index contributed by atoms with van der Waals surface area (Å²) >= 11 is 0. The summed E-state index contributed by atoms with van der Waals surface area (Å²) in [6.45, 7) is 0.558. The molecule has 2 aromatic rings. The van der Waals surface area contributed by atoms with Gasteiger partial charge in [0, 0.05) is 23.9 Å². The van der Waals surface area contributed by atoms with Crippen molar-refractivity contribution in [3.63, 3.8) is 0 Å². The molecule has 1 heterocycles. The van der Waals surface area contributed by atoms with E-state index in [1.165, 1.54) is 0 Å². The Morgan fingerprint density at radius 3 is 2.55 bits per heavy atom. The number of terminal acetylenes is 1. The minimum atomic E-state index is 0.558. The fraction of sp³-hybridized carbons (Fsp3) is 0.111. The minimum Gasteiger partial charge on any atom is -0.456 e. The first-order chi connectivity index (χ1) is 9.79. The smallest absolute Gasteiger partial charge is 0.136 e. The van der Waals surface area contributed by atoms with Crippen molar-refractivity contribution in [2.75, 3.05) is 13.6 Å². The lowest BCUT2D eigenvalue weighted by Crippen LogP contribution is -2.16. The quantitative estimate of drug-likeness (QED) is 0.761. The first-order valence-corrected chi connectivity index (χ1v) is 6.52. The van der Waals surface area contributed by atoms with Crippen molar-refractivity contribution in [2.24, 2.45) is 0 Å². The lowest BCUT2D eigenvalue weighted by molar-refractivity contribution is 0.477. The third-order valence-corrected chi connectivity index (χ3v) is 3.33. The van der Waals surface area contributed by atoms with Gasteiger partial charge in [0.25, 0.3) is 0 Å². The molecule has 0 saturated heterocycles. The van der Waals surface area contributed by atoms with E-state index >= 15 is 0 Å². The van der Waals surface area contributed by atoms with E-state index in [2.05, 4.69) is 23.0 Å². The maximum absolute atomic E-state index is 6.03. The summed E-state index contributed by atoms with van der Waals surface area (Å²) in [6, 6.07) is 16.0. The van der Waals surface area contributed by atoms with E-state index in [9.17, 15) is 0 Å². The van der Waals surface area contributed by atoms with Gasteiger partial charge in [0.1, 0.15) is 11.5 Å². The van der Waals surface area contributed by atoms with Crippen LogP contribution in [0.25, 0.3) is 11.8 Å². The van der Waals surface area contributed by atoms with E-state index in [-0.39, 0.29) is 0 Å². The van der Waals surface area contributed by atoms with Gasteiger partial charge in [-0.3, -0.25) is 0 Å². The molecule has 0 aromatic heterocycles. The summed E-state index contributed by atoms with van der Waals surface area (Å²) in [5.41, 5.74) is 3.19. The van der Waals surface area contributed by atoms with Crippen molar-refractivity contribution in [1.82, 2.24) is 4.90 Å². The van der Waals surface area contributed by atoms with Gasteiger partial charge in [0.2, 0.25) is 0 Å². The molecule has 0 bridgehead atoms. The van der Waals surface area contributed by atoms with Crippen molar-refractivity contribution in [2.45, 2.75) is 0 Å². The molecule has 0 amide bonds. The summed E-state index contributed by atoms with van der Waals surface area (Å²) in [7, 11) is 2.00. The van der Waals surface area contributed by atoms with Crippen LogP contribution in [0.3, 0.4) is 0 Å². The molecule has 0 unspecified atom stereocenters. The number of hydrogen-bond acceptors (Lipinski definition) is 2. The molecule has 1 aliphatic rings. The van der Waals surface area contributed by atoms with E-state index in [0.717, 1.165) is 28.3 Å². The molecule has 0 radical (unpaired) electrons. The Kier molecular flexibility index (Phi) is 3.18. The molecular formula is C18H15NO. The first kappa shape index (κ1) is 12.4. The van der Waals surface area contributed by atoms with Gasteiger partial charge in [-0.2, -0.15) is 0 Å². The van der Waals surface area contributed by atoms with Gasteiger partial charge in [-0.25, -0.2) is 0 Å². The van der Waals surface area contributed by atoms with Crippen molar-refractivity contribution in [3.05, 3.63) is 59.7 Å². The Hall–Kier alpha value is -2.66. The van der Waals surface area contributed by atoms with Gasteiger partial charge < -0.3 is 9.64 Å². The zero-order chi connectivity index (χ0) is 13.9. The van der Waals surface area contributed by atoms with Gasteiger partial charge in [-0.15, -0.1) is 6.42 Å². The second kappa shape index (κ2) is 5.14. The Bertz CT molecular complexity index is 709. The molecule has 0 saturated carbocycles. The topological polar surface area (TPSA) is 12.5 Å². The number of hydrogen-bond donors (Lipinski definition) is 0. The molecule has 0 aliphatic carbocycles. The van der Waals surface area contributed by atoms with Crippen molar-refractivity contribution in [3.8, 4) is 23.8 Å². The predicted octanol–water partition coefficient (Wildman–Crippen LogP) is 3.86. The average Bonchev–Trinajstić information content (AvgIpc) is 2.64. The zero-order valence-corrected chi connectivity index (χ0v) is 11.3. The Balaban J connectivity index is 2.19. The van der Waals surface area contributed by atoms with Crippen LogP contribution in [0, 0.1) is 12.3 Å².